The summed E-state index contributed by atoms with van der Waals surface area (Å²) < 4.78 is 5.97. The van der Waals surface area contributed by atoms with Gasteiger partial charge in [0.25, 0.3) is 0 Å². The predicted octanol–water partition coefficient (Wildman–Crippen LogP) is 2.93. The Morgan fingerprint density at radius 2 is 1.83 bits per heavy atom. The van der Waals surface area contributed by atoms with Crippen LogP contribution in [0, 0.1) is 11.8 Å². The van der Waals surface area contributed by atoms with E-state index in [0.717, 1.165) is 71.2 Å². The molecule has 35 heavy (non-hydrogen) atoms. The molecule has 1 aliphatic carbocycles. The average molecular weight is 485 g/mol. The van der Waals surface area contributed by atoms with Crippen LogP contribution in [0.2, 0.25) is 0 Å². The molecule has 1 saturated carbocycles. The molecule has 1 aromatic rings. The molecule has 2 heterocycles. The van der Waals surface area contributed by atoms with Gasteiger partial charge in [-0.15, -0.1) is 0 Å². The first kappa shape index (κ1) is 26.1. The van der Waals surface area contributed by atoms with Crippen LogP contribution in [0.4, 0.5) is 0 Å². The van der Waals surface area contributed by atoms with Crippen molar-refractivity contribution in [1.82, 2.24) is 15.1 Å². The van der Waals surface area contributed by atoms with Gasteiger partial charge >= 0.3 is 0 Å². The smallest absolute Gasteiger partial charge is 0.242 e. The lowest BCUT2D eigenvalue weighted by Gasteiger charge is -2.43. The summed E-state index contributed by atoms with van der Waals surface area (Å²) in [5, 5.41) is 3.21. The van der Waals surface area contributed by atoms with Gasteiger partial charge in [0.1, 0.15) is 6.04 Å². The highest BCUT2D eigenvalue weighted by Crippen LogP contribution is 2.29. The lowest BCUT2D eigenvalue weighted by atomic mass is 9.82. The maximum atomic E-state index is 13.4. The highest BCUT2D eigenvalue weighted by molar-refractivity contribution is 5.87. The zero-order valence-corrected chi connectivity index (χ0v) is 21.4. The third-order valence-corrected chi connectivity index (χ3v) is 8.35. The minimum absolute atomic E-state index is 0.00243. The molecule has 0 bridgehead atoms. The largest absolute Gasteiger partial charge is 0.377 e. The lowest BCUT2D eigenvalue weighted by Crippen LogP contribution is -2.57. The second-order valence-corrected chi connectivity index (χ2v) is 10.8. The number of rotatable bonds is 9. The Kier molecular flexibility index (Phi) is 9.58. The predicted molar refractivity (Wildman–Crippen MR) is 138 cm³/mol. The number of nitrogens with zero attached hydrogens (tertiary/aromatic N) is 2. The van der Waals surface area contributed by atoms with Crippen LogP contribution >= 0.6 is 0 Å². The summed E-state index contributed by atoms with van der Waals surface area (Å²) in [6, 6.07) is 10.4. The molecule has 3 fully saturated rings. The third kappa shape index (κ3) is 7.28. The van der Waals surface area contributed by atoms with Gasteiger partial charge in [-0.2, -0.15) is 0 Å². The standard InChI is InChI=1S/C28H44N4O3/c1-21(33)32-14-13-25(16-27(32)28(34)30-18-23-11-9-22(17-29)10-12-23)31(20-26-8-5-15-35-26)19-24-6-3-2-4-7-24/h2-4,6-7,22-23,25-27H,5,8-20,29H2,1H3,(H,30,34)/t22?,23?,25?,26?,27-/m1/s1. The van der Waals surface area contributed by atoms with E-state index in [1.54, 1.807) is 11.8 Å². The van der Waals surface area contributed by atoms with Gasteiger partial charge in [0.05, 0.1) is 6.10 Å². The van der Waals surface area contributed by atoms with Crippen LogP contribution in [-0.4, -0.2) is 72.6 Å². The number of carbonyl (C=O) groups is 2. The highest BCUT2D eigenvalue weighted by atomic mass is 16.5. The number of ether oxygens (including phenoxy) is 1. The summed E-state index contributed by atoms with van der Waals surface area (Å²) in [7, 11) is 0. The van der Waals surface area contributed by atoms with Crippen LogP contribution < -0.4 is 11.1 Å². The monoisotopic (exact) mass is 484 g/mol. The summed E-state index contributed by atoms with van der Waals surface area (Å²) >= 11 is 0. The molecule has 2 unspecified atom stereocenters. The van der Waals surface area contributed by atoms with E-state index in [9.17, 15) is 9.59 Å². The average Bonchev–Trinajstić information content (AvgIpc) is 3.40. The number of nitrogens with one attached hydrogen (secondary N) is 1. The molecule has 2 amide bonds. The molecule has 3 atom stereocenters. The van der Waals surface area contributed by atoms with Gasteiger partial charge in [0.2, 0.25) is 11.8 Å². The van der Waals surface area contributed by atoms with Crippen molar-refractivity contribution in [2.24, 2.45) is 17.6 Å². The Balaban J connectivity index is 1.40. The number of amides is 2. The number of hydrogen-bond acceptors (Lipinski definition) is 5. The topological polar surface area (TPSA) is 87.9 Å². The fourth-order valence-electron chi connectivity index (χ4n) is 6.15. The number of carbonyl (C=O) groups excluding carboxylic acids is 2. The van der Waals surface area contributed by atoms with Crippen molar-refractivity contribution in [3.8, 4) is 0 Å². The highest BCUT2D eigenvalue weighted by Gasteiger charge is 2.38. The van der Waals surface area contributed by atoms with Crippen molar-refractivity contribution in [2.75, 3.05) is 32.8 Å². The van der Waals surface area contributed by atoms with Crippen LogP contribution in [0.15, 0.2) is 30.3 Å². The molecular formula is C28H44N4O3. The summed E-state index contributed by atoms with van der Waals surface area (Å²) in [6.45, 7) is 6.22. The Hall–Kier alpha value is -1.96. The summed E-state index contributed by atoms with van der Waals surface area (Å²) in [5.41, 5.74) is 7.10. The van der Waals surface area contributed by atoms with E-state index < -0.39 is 6.04 Å². The molecule has 7 nitrogen and oxygen atoms in total. The molecule has 4 rings (SSSR count). The van der Waals surface area contributed by atoms with Gasteiger partial charge in [-0.05, 0) is 75.3 Å². The maximum absolute atomic E-state index is 13.4. The molecule has 3 aliphatic rings. The molecule has 7 heteroatoms. The van der Waals surface area contributed by atoms with Gasteiger partial charge < -0.3 is 20.7 Å². The Morgan fingerprint density at radius 1 is 1.09 bits per heavy atom. The molecule has 0 radical (unpaired) electrons. The van der Waals surface area contributed by atoms with Gasteiger partial charge in [-0.1, -0.05) is 30.3 Å². The molecule has 1 aromatic carbocycles. The number of benzene rings is 1. The Labute approximate surface area is 210 Å². The fourth-order valence-corrected chi connectivity index (χ4v) is 6.15. The van der Waals surface area contributed by atoms with E-state index in [-0.39, 0.29) is 24.0 Å². The molecule has 194 valence electrons. The minimum atomic E-state index is -0.408. The molecule has 3 N–H and O–H groups in total. The molecule has 2 aliphatic heterocycles. The van der Waals surface area contributed by atoms with Gasteiger partial charge in [-0.3, -0.25) is 14.5 Å². The minimum Gasteiger partial charge on any atom is -0.377 e. The van der Waals surface area contributed by atoms with Crippen molar-refractivity contribution >= 4 is 11.8 Å². The normalized spacial score (nSPS) is 29.3. The Bertz CT molecular complexity index is 806. The second-order valence-electron chi connectivity index (χ2n) is 10.8. The van der Waals surface area contributed by atoms with E-state index >= 15 is 0 Å². The van der Waals surface area contributed by atoms with Crippen molar-refractivity contribution in [1.29, 1.82) is 0 Å². The van der Waals surface area contributed by atoms with Gasteiger partial charge in [-0.25, -0.2) is 0 Å². The van der Waals surface area contributed by atoms with E-state index in [1.165, 1.54) is 5.56 Å². The fraction of sp³-hybridized carbons (Fsp3) is 0.714. The van der Waals surface area contributed by atoms with E-state index in [2.05, 4.69) is 34.5 Å². The van der Waals surface area contributed by atoms with Crippen LogP contribution in [0.1, 0.15) is 63.9 Å². The first-order valence-electron chi connectivity index (χ1n) is 13.7. The summed E-state index contributed by atoms with van der Waals surface area (Å²) in [5.74, 6) is 1.14. The number of piperidine rings is 1. The second kappa shape index (κ2) is 12.8. The first-order chi connectivity index (χ1) is 17.0. The molecular weight excluding hydrogens is 440 g/mol. The Morgan fingerprint density at radius 3 is 2.49 bits per heavy atom. The van der Waals surface area contributed by atoms with Crippen LogP contribution in [0.3, 0.4) is 0 Å². The van der Waals surface area contributed by atoms with E-state index in [0.29, 0.717) is 31.3 Å². The van der Waals surface area contributed by atoms with Crippen molar-refractivity contribution in [3.05, 3.63) is 35.9 Å². The SMILES string of the molecule is CC(=O)N1CCC(N(Cc2ccccc2)CC2CCCO2)C[C@@H]1C(=O)NCC1CCC(CN)CC1. The zero-order chi connectivity index (χ0) is 24.6. The maximum Gasteiger partial charge on any atom is 0.242 e. The number of likely N-dealkylation sites (tertiary alicyclic amines) is 1. The molecule has 2 saturated heterocycles. The summed E-state index contributed by atoms with van der Waals surface area (Å²) in [6.07, 6.45) is 8.56. The van der Waals surface area contributed by atoms with Crippen molar-refractivity contribution < 1.29 is 14.3 Å². The molecule has 0 aromatic heterocycles. The quantitative estimate of drug-likeness (QED) is 0.563. The number of nitrogens with two attached hydrogens (primary N) is 1. The van der Waals surface area contributed by atoms with E-state index in [1.807, 2.05) is 6.07 Å². The first-order valence-corrected chi connectivity index (χ1v) is 13.7. The van der Waals surface area contributed by atoms with Crippen molar-refractivity contribution in [3.63, 3.8) is 0 Å². The van der Waals surface area contributed by atoms with Gasteiger partial charge in [0, 0.05) is 45.8 Å². The molecule has 0 spiro atoms. The zero-order valence-electron chi connectivity index (χ0n) is 21.4. The van der Waals surface area contributed by atoms with Gasteiger partial charge in [0.15, 0.2) is 0 Å². The van der Waals surface area contributed by atoms with Crippen LogP contribution in [-0.2, 0) is 20.9 Å². The number of hydrogen-bond donors (Lipinski definition) is 2. The van der Waals surface area contributed by atoms with Crippen molar-refractivity contribution in [2.45, 2.75) is 83.0 Å². The lowest BCUT2D eigenvalue weighted by molar-refractivity contribution is -0.142. The third-order valence-electron chi connectivity index (χ3n) is 8.35. The van der Waals surface area contributed by atoms with Crippen LogP contribution in [0.25, 0.3) is 0 Å². The van der Waals surface area contributed by atoms with E-state index in [4.69, 9.17) is 10.5 Å². The van der Waals surface area contributed by atoms with Crippen LogP contribution in [0.5, 0.6) is 0 Å². The summed E-state index contributed by atoms with van der Waals surface area (Å²) in [4.78, 5) is 30.1.